The highest BCUT2D eigenvalue weighted by atomic mass is 32.1. The quantitative estimate of drug-likeness (QED) is 0.256. The van der Waals surface area contributed by atoms with Crippen molar-refractivity contribution in [1.29, 1.82) is 0 Å². The van der Waals surface area contributed by atoms with Gasteiger partial charge in [0.15, 0.2) is 14.7 Å². The molecular formula is C27H19N3O5S2. The number of furan rings is 1. The van der Waals surface area contributed by atoms with E-state index in [0.717, 1.165) is 5.56 Å². The van der Waals surface area contributed by atoms with Gasteiger partial charge in [-0.05, 0) is 49.3 Å². The Morgan fingerprint density at radius 3 is 2.51 bits per heavy atom. The van der Waals surface area contributed by atoms with Crippen LogP contribution in [0.1, 0.15) is 47.2 Å². The number of carboxylic acid groups (broad SMARTS) is 1. The number of rotatable bonds is 5. The molecule has 0 bridgehead atoms. The van der Waals surface area contributed by atoms with Gasteiger partial charge in [0.1, 0.15) is 27.8 Å². The monoisotopic (exact) mass is 529 g/mol. The molecular weight excluding hydrogens is 510 g/mol. The molecule has 1 unspecified atom stereocenters. The van der Waals surface area contributed by atoms with E-state index < -0.39 is 23.6 Å². The standard InChI is InChI=1S/C27H19N3O5S2/c1-15(16-7-3-2-4-8-16)34-26(33)29-21-17-9-5-6-10-18(17)35-19(21)11-12-20-28-22-23(36-20)30-24(37-22)27(13-14-27)25(31)32/h2-10,15H,13-14H2,1H3,(H,29,33)(H,31,32). The lowest BCUT2D eigenvalue weighted by Crippen LogP contribution is -2.18. The Bertz CT molecular complexity index is 1690. The molecule has 1 atom stereocenters. The number of carbonyl (C=O) groups is 2. The number of ether oxygens (including phenoxy) is 1. The minimum absolute atomic E-state index is 0.278. The van der Waals surface area contributed by atoms with Gasteiger partial charge in [0, 0.05) is 5.39 Å². The van der Waals surface area contributed by atoms with Crippen molar-refractivity contribution < 1.29 is 23.8 Å². The maximum atomic E-state index is 12.7. The minimum atomic E-state index is -0.849. The van der Waals surface area contributed by atoms with Gasteiger partial charge in [0.05, 0.1) is 0 Å². The minimum Gasteiger partial charge on any atom is -0.481 e. The summed E-state index contributed by atoms with van der Waals surface area (Å²) in [5, 5.41) is 14.1. The van der Waals surface area contributed by atoms with E-state index in [2.05, 4.69) is 27.1 Å². The molecule has 10 heteroatoms. The zero-order valence-corrected chi connectivity index (χ0v) is 21.1. The fraction of sp³-hybridized carbons (Fsp3) is 0.185. The van der Waals surface area contributed by atoms with E-state index in [9.17, 15) is 14.7 Å². The number of nitrogens with one attached hydrogen (secondary N) is 1. The number of anilines is 1. The fourth-order valence-corrected chi connectivity index (χ4v) is 6.13. The van der Waals surface area contributed by atoms with Crippen molar-refractivity contribution in [2.75, 3.05) is 5.32 Å². The normalized spacial score (nSPS) is 14.6. The summed E-state index contributed by atoms with van der Waals surface area (Å²) in [6, 6.07) is 16.8. The van der Waals surface area contributed by atoms with Gasteiger partial charge in [0.2, 0.25) is 5.76 Å². The van der Waals surface area contributed by atoms with Crippen LogP contribution in [0.3, 0.4) is 0 Å². The molecule has 2 N–H and O–H groups in total. The number of carboxylic acids is 1. The Labute approximate surface area is 218 Å². The molecule has 3 aromatic heterocycles. The smallest absolute Gasteiger partial charge is 0.412 e. The number of carbonyl (C=O) groups excluding carboxylic acids is 1. The predicted molar refractivity (Wildman–Crippen MR) is 141 cm³/mol. The number of nitrogens with zero attached hydrogens (tertiary/aromatic N) is 2. The number of amides is 1. The van der Waals surface area contributed by atoms with Crippen molar-refractivity contribution in [3.05, 3.63) is 75.9 Å². The van der Waals surface area contributed by atoms with Gasteiger partial charge in [-0.15, -0.1) is 0 Å². The van der Waals surface area contributed by atoms with Crippen LogP contribution in [0, 0.1) is 11.8 Å². The van der Waals surface area contributed by atoms with E-state index in [4.69, 9.17) is 9.15 Å². The van der Waals surface area contributed by atoms with Gasteiger partial charge in [-0.2, -0.15) is 0 Å². The number of aliphatic carboxylic acids is 1. The Hall–Kier alpha value is -4.20. The third kappa shape index (κ3) is 4.33. The third-order valence-electron chi connectivity index (χ3n) is 6.20. The van der Waals surface area contributed by atoms with Crippen LogP contribution < -0.4 is 5.32 Å². The summed E-state index contributed by atoms with van der Waals surface area (Å²) >= 11 is 2.59. The first kappa shape index (κ1) is 23.2. The van der Waals surface area contributed by atoms with Crippen LogP contribution in [0.2, 0.25) is 0 Å². The molecule has 5 aromatic rings. The van der Waals surface area contributed by atoms with E-state index in [0.29, 0.717) is 49.2 Å². The highest BCUT2D eigenvalue weighted by molar-refractivity contribution is 7.26. The second-order valence-electron chi connectivity index (χ2n) is 8.67. The Balaban J connectivity index is 1.26. The van der Waals surface area contributed by atoms with Crippen LogP contribution in [0.25, 0.3) is 20.6 Å². The first-order valence-corrected chi connectivity index (χ1v) is 13.1. The van der Waals surface area contributed by atoms with E-state index in [1.807, 2.05) is 48.5 Å². The molecule has 1 saturated carbocycles. The van der Waals surface area contributed by atoms with Crippen molar-refractivity contribution in [2.24, 2.45) is 0 Å². The summed E-state index contributed by atoms with van der Waals surface area (Å²) in [7, 11) is 0. The Morgan fingerprint density at radius 1 is 1.05 bits per heavy atom. The second-order valence-corrected chi connectivity index (χ2v) is 10.6. The van der Waals surface area contributed by atoms with Crippen molar-refractivity contribution in [1.82, 2.24) is 9.97 Å². The van der Waals surface area contributed by atoms with E-state index in [-0.39, 0.29) is 5.76 Å². The van der Waals surface area contributed by atoms with Gasteiger partial charge < -0.3 is 14.3 Å². The Kier molecular flexibility index (Phi) is 5.67. The van der Waals surface area contributed by atoms with E-state index >= 15 is 0 Å². The molecule has 8 nitrogen and oxygen atoms in total. The van der Waals surface area contributed by atoms with E-state index in [1.165, 1.54) is 22.7 Å². The van der Waals surface area contributed by atoms with Crippen LogP contribution >= 0.6 is 22.7 Å². The molecule has 37 heavy (non-hydrogen) atoms. The molecule has 184 valence electrons. The highest BCUT2D eigenvalue weighted by Crippen LogP contribution is 2.50. The average molecular weight is 530 g/mol. The van der Waals surface area contributed by atoms with Crippen molar-refractivity contribution in [2.45, 2.75) is 31.3 Å². The second kappa shape index (κ2) is 9.03. The highest BCUT2D eigenvalue weighted by Gasteiger charge is 2.54. The van der Waals surface area contributed by atoms with Gasteiger partial charge >= 0.3 is 12.1 Å². The summed E-state index contributed by atoms with van der Waals surface area (Å²) < 4.78 is 11.5. The zero-order valence-electron chi connectivity index (χ0n) is 19.5. The average Bonchev–Trinajstić information content (AvgIpc) is 3.33. The van der Waals surface area contributed by atoms with Gasteiger partial charge in [0.25, 0.3) is 0 Å². The topological polar surface area (TPSA) is 115 Å². The third-order valence-corrected chi connectivity index (χ3v) is 8.35. The van der Waals surface area contributed by atoms with Gasteiger partial charge in [-0.3, -0.25) is 10.1 Å². The molecule has 3 heterocycles. The van der Waals surface area contributed by atoms with Crippen molar-refractivity contribution in [3.8, 4) is 11.8 Å². The molecule has 0 aliphatic heterocycles. The molecule has 1 amide bonds. The number of thiazole rings is 2. The number of hydrogen-bond acceptors (Lipinski definition) is 8. The van der Waals surface area contributed by atoms with Gasteiger partial charge in [-0.1, -0.05) is 65.1 Å². The lowest BCUT2D eigenvalue weighted by Gasteiger charge is -2.14. The SMILES string of the molecule is CC(OC(=O)Nc1c(C#Cc2nc3sc(C4(C(=O)O)CC4)nc3s2)oc2ccccc12)c1ccccc1. The van der Waals surface area contributed by atoms with Crippen LogP contribution in [-0.4, -0.2) is 27.1 Å². The number of hydrogen-bond donors (Lipinski definition) is 2. The molecule has 0 saturated heterocycles. The number of para-hydroxylation sites is 1. The summed E-state index contributed by atoms with van der Waals surface area (Å²) in [4.78, 5) is 34.7. The molecule has 0 radical (unpaired) electrons. The first-order chi connectivity index (χ1) is 17.9. The van der Waals surface area contributed by atoms with Crippen LogP contribution in [0.5, 0.6) is 0 Å². The molecule has 1 aliphatic carbocycles. The summed E-state index contributed by atoms with van der Waals surface area (Å²) in [6.45, 7) is 1.80. The Morgan fingerprint density at radius 2 is 1.78 bits per heavy atom. The first-order valence-electron chi connectivity index (χ1n) is 11.5. The maximum absolute atomic E-state index is 12.7. The fourth-order valence-electron chi connectivity index (χ4n) is 4.00. The molecule has 1 fully saturated rings. The van der Waals surface area contributed by atoms with Crippen molar-refractivity contribution >= 4 is 61.1 Å². The van der Waals surface area contributed by atoms with E-state index in [1.54, 1.807) is 13.0 Å². The lowest BCUT2D eigenvalue weighted by molar-refractivity contribution is -0.140. The van der Waals surface area contributed by atoms with Crippen LogP contribution in [0.4, 0.5) is 10.5 Å². The summed E-state index contributed by atoms with van der Waals surface area (Å²) in [5.74, 6) is 5.42. The zero-order chi connectivity index (χ0) is 25.6. The molecule has 6 rings (SSSR count). The number of fused-ring (bicyclic) bond motifs is 2. The summed E-state index contributed by atoms with van der Waals surface area (Å²) in [6.07, 6.45) is 0.143. The number of benzene rings is 2. The molecule has 2 aromatic carbocycles. The van der Waals surface area contributed by atoms with Gasteiger partial charge in [-0.25, -0.2) is 14.8 Å². The molecule has 1 aliphatic rings. The van der Waals surface area contributed by atoms with Crippen LogP contribution in [0.15, 0.2) is 59.0 Å². The maximum Gasteiger partial charge on any atom is 0.412 e. The largest absolute Gasteiger partial charge is 0.481 e. The predicted octanol–water partition coefficient (Wildman–Crippen LogP) is 6.32. The van der Waals surface area contributed by atoms with Crippen LogP contribution in [-0.2, 0) is 14.9 Å². The lowest BCUT2D eigenvalue weighted by atomic mass is 10.1. The van der Waals surface area contributed by atoms with Crippen molar-refractivity contribution in [3.63, 3.8) is 0 Å². The summed E-state index contributed by atoms with van der Waals surface area (Å²) in [5.41, 5.74) is 1.03. The number of aromatic nitrogens is 2. The molecule has 0 spiro atoms.